The van der Waals surface area contributed by atoms with Crippen LogP contribution in [0.15, 0.2) is 73.1 Å². The Hall–Kier alpha value is -3.16. The number of nitrogens with zero attached hydrogens (tertiary/aromatic N) is 1. The van der Waals surface area contributed by atoms with Gasteiger partial charge in [-0.05, 0) is 58.9 Å². The second-order valence-corrected chi connectivity index (χ2v) is 8.23. The lowest BCUT2D eigenvalue weighted by Gasteiger charge is -2.17. The van der Waals surface area contributed by atoms with Crippen molar-refractivity contribution in [1.29, 1.82) is 0 Å². The Balaban J connectivity index is 1.80. The molecular weight excluding hydrogens is 424 g/mol. The summed E-state index contributed by atoms with van der Waals surface area (Å²) in [4.78, 5) is 28.7. The summed E-state index contributed by atoms with van der Waals surface area (Å²) in [6.45, 7) is 0.814. The fourth-order valence-electron chi connectivity index (χ4n) is 3.24. The third-order valence-electron chi connectivity index (χ3n) is 4.89. The van der Waals surface area contributed by atoms with Crippen molar-refractivity contribution in [3.8, 4) is 11.1 Å². The van der Waals surface area contributed by atoms with E-state index < -0.39 is 17.9 Å². The zero-order valence-corrected chi connectivity index (χ0v) is 18.7. The van der Waals surface area contributed by atoms with Crippen molar-refractivity contribution in [3.63, 3.8) is 0 Å². The summed E-state index contributed by atoms with van der Waals surface area (Å²) in [6.07, 6.45) is 5.75. The molecule has 0 bridgehead atoms. The molecule has 0 unspecified atom stereocenters. The van der Waals surface area contributed by atoms with Crippen LogP contribution in [0.2, 0.25) is 0 Å². The smallest absolute Gasteiger partial charge is 0.326 e. The minimum atomic E-state index is -1.03. The number of benzene rings is 2. The molecule has 166 valence electrons. The number of nitrogens with one attached hydrogen (secondary N) is 1. The second kappa shape index (κ2) is 12.0. The summed E-state index contributed by atoms with van der Waals surface area (Å²) in [5.74, 6) is -0.787. The first-order valence-corrected chi connectivity index (χ1v) is 11.7. The molecule has 3 rings (SSSR count). The molecule has 0 fully saturated rings. The number of thioether (sulfide) groups is 1. The van der Waals surface area contributed by atoms with Crippen LogP contribution in [0.4, 0.5) is 0 Å². The molecule has 1 heterocycles. The number of carbonyl (C=O) groups excluding carboxylic acids is 1. The number of carbonyl (C=O) groups is 2. The fourth-order valence-corrected chi connectivity index (χ4v) is 3.71. The molecule has 0 radical (unpaired) electrons. The Morgan fingerprint density at radius 3 is 2.53 bits per heavy atom. The van der Waals surface area contributed by atoms with Gasteiger partial charge in [0.2, 0.25) is 0 Å². The highest BCUT2D eigenvalue weighted by molar-refractivity contribution is 7.98. The standard InChI is InChI=1S/C25H26N2O4S/c1-32-13-11-23(25(29)30)27-24(28)21-10-9-18(14-22(21)20-7-3-2-4-8-20)16-31-17-19-6-5-12-26-15-19/h2-10,12,14-15,23H,11,13,16-17H2,1H3,(H,27,28)(H,29,30)/t23-/m0/s1. The highest BCUT2D eigenvalue weighted by Crippen LogP contribution is 2.26. The SMILES string of the molecule is CSCC[C@H](NC(=O)c1ccc(COCc2cccnc2)cc1-c1ccccc1)C(=O)O. The lowest BCUT2D eigenvalue weighted by molar-refractivity contribution is -0.139. The van der Waals surface area contributed by atoms with Gasteiger partial charge in [0.25, 0.3) is 5.91 Å². The van der Waals surface area contributed by atoms with Gasteiger partial charge in [-0.2, -0.15) is 11.8 Å². The highest BCUT2D eigenvalue weighted by Gasteiger charge is 2.22. The van der Waals surface area contributed by atoms with Crippen molar-refractivity contribution in [3.05, 3.63) is 89.7 Å². The van der Waals surface area contributed by atoms with Crippen molar-refractivity contribution in [2.45, 2.75) is 25.7 Å². The maximum absolute atomic E-state index is 13.0. The molecule has 6 nitrogen and oxygen atoms in total. The van der Waals surface area contributed by atoms with E-state index in [4.69, 9.17) is 4.74 Å². The van der Waals surface area contributed by atoms with Crippen molar-refractivity contribution in [1.82, 2.24) is 10.3 Å². The van der Waals surface area contributed by atoms with Gasteiger partial charge in [0, 0.05) is 18.0 Å². The van der Waals surface area contributed by atoms with Crippen LogP contribution < -0.4 is 5.32 Å². The monoisotopic (exact) mass is 450 g/mol. The van der Waals surface area contributed by atoms with Gasteiger partial charge >= 0.3 is 5.97 Å². The molecule has 1 amide bonds. The van der Waals surface area contributed by atoms with E-state index >= 15 is 0 Å². The number of pyridine rings is 1. The largest absolute Gasteiger partial charge is 0.480 e. The third kappa shape index (κ3) is 6.67. The molecule has 1 aromatic heterocycles. The van der Waals surface area contributed by atoms with Crippen LogP contribution in [0.1, 0.15) is 27.9 Å². The zero-order valence-electron chi connectivity index (χ0n) is 17.9. The van der Waals surface area contributed by atoms with Gasteiger partial charge in [-0.1, -0.05) is 42.5 Å². The molecule has 0 aliphatic rings. The normalized spacial score (nSPS) is 11.7. The van der Waals surface area contributed by atoms with Crippen molar-refractivity contribution in [2.75, 3.05) is 12.0 Å². The molecule has 2 N–H and O–H groups in total. The third-order valence-corrected chi connectivity index (χ3v) is 5.53. The maximum atomic E-state index is 13.0. The Labute approximate surface area is 192 Å². The number of aromatic nitrogens is 1. The van der Waals surface area contributed by atoms with E-state index in [-0.39, 0.29) is 0 Å². The topological polar surface area (TPSA) is 88.5 Å². The Bertz CT molecular complexity index is 1030. The number of amides is 1. The van der Waals surface area contributed by atoms with E-state index in [1.54, 1.807) is 30.2 Å². The number of carboxylic acids is 1. The number of hydrogen-bond donors (Lipinski definition) is 2. The minimum absolute atomic E-state index is 0.364. The van der Waals surface area contributed by atoms with Gasteiger partial charge in [0.05, 0.1) is 13.2 Å². The lowest BCUT2D eigenvalue weighted by atomic mass is 9.96. The van der Waals surface area contributed by atoms with E-state index in [0.717, 1.165) is 22.3 Å². The molecule has 1 atom stereocenters. The first-order chi connectivity index (χ1) is 15.6. The van der Waals surface area contributed by atoms with Gasteiger partial charge in [0.1, 0.15) is 6.04 Å². The van der Waals surface area contributed by atoms with Gasteiger partial charge in [-0.25, -0.2) is 4.79 Å². The summed E-state index contributed by atoms with van der Waals surface area (Å²) in [5, 5.41) is 12.1. The summed E-state index contributed by atoms with van der Waals surface area (Å²) in [5.41, 5.74) is 3.95. The van der Waals surface area contributed by atoms with Gasteiger partial charge in [-0.15, -0.1) is 0 Å². The molecule has 32 heavy (non-hydrogen) atoms. The van der Waals surface area contributed by atoms with E-state index in [9.17, 15) is 14.7 Å². The van der Waals surface area contributed by atoms with Crippen LogP contribution in [0.5, 0.6) is 0 Å². The molecular formula is C25H26N2O4S. The molecule has 2 aromatic carbocycles. The Morgan fingerprint density at radius 2 is 1.84 bits per heavy atom. The Morgan fingerprint density at radius 1 is 1.06 bits per heavy atom. The van der Waals surface area contributed by atoms with Crippen molar-refractivity contribution in [2.24, 2.45) is 0 Å². The summed E-state index contributed by atoms with van der Waals surface area (Å²) in [6, 6.07) is 17.9. The highest BCUT2D eigenvalue weighted by atomic mass is 32.2. The molecule has 0 spiro atoms. The van der Waals surface area contributed by atoms with E-state index in [0.29, 0.717) is 31.0 Å². The van der Waals surface area contributed by atoms with Gasteiger partial charge < -0.3 is 15.2 Å². The molecule has 0 aliphatic heterocycles. The molecule has 7 heteroatoms. The van der Waals surface area contributed by atoms with Crippen LogP contribution in [0.3, 0.4) is 0 Å². The Kier molecular flexibility index (Phi) is 8.83. The van der Waals surface area contributed by atoms with Crippen LogP contribution in [0, 0.1) is 0 Å². The predicted molar refractivity (Wildman–Crippen MR) is 126 cm³/mol. The minimum Gasteiger partial charge on any atom is -0.480 e. The average molecular weight is 451 g/mol. The van der Waals surface area contributed by atoms with Crippen LogP contribution in [0.25, 0.3) is 11.1 Å². The fraction of sp³-hybridized carbons (Fsp3) is 0.240. The second-order valence-electron chi connectivity index (χ2n) is 7.25. The number of rotatable bonds is 11. The predicted octanol–water partition coefficient (Wildman–Crippen LogP) is 4.40. The van der Waals surface area contributed by atoms with E-state index in [1.807, 2.05) is 60.9 Å². The summed E-state index contributed by atoms with van der Waals surface area (Å²) in [7, 11) is 0. The molecule has 0 saturated heterocycles. The summed E-state index contributed by atoms with van der Waals surface area (Å²) < 4.78 is 5.82. The molecule has 0 saturated carbocycles. The number of carboxylic acid groups (broad SMARTS) is 1. The number of hydrogen-bond acceptors (Lipinski definition) is 5. The quantitative estimate of drug-likeness (QED) is 0.450. The van der Waals surface area contributed by atoms with E-state index in [1.165, 1.54) is 0 Å². The van der Waals surface area contributed by atoms with E-state index in [2.05, 4.69) is 10.3 Å². The van der Waals surface area contributed by atoms with Crippen LogP contribution >= 0.6 is 11.8 Å². The number of ether oxygens (including phenoxy) is 1. The van der Waals surface area contributed by atoms with Crippen LogP contribution in [-0.2, 0) is 22.7 Å². The zero-order chi connectivity index (χ0) is 22.8. The number of aliphatic carboxylic acids is 1. The van der Waals surface area contributed by atoms with Crippen molar-refractivity contribution < 1.29 is 19.4 Å². The van der Waals surface area contributed by atoms with Crippen LogP contribution in [-0.4, -0.2) is 40.0 Å². The molecule has 0 aliphatic carbocycles. The lowest BCUT2D eigenvalue weighted by Crippen LogP contribution is -2.41. The average Bonchev–Trinajstić information content (AvgIpc) is 2.82. The van der Waals surface area contributed by atoms with Gasteiger partial charge in [-0.3, -0.25) is 9.78 Å². The van der Waals surface area contributed by atoms with Gasteiger partial charge in [0.15, 0.2) is 0 Å². The summed E-state index contributed by atoms with van der Waals surface area (Å²) >= 11 is 1.55. The molecule has 3 aromatic rings. The van der Waals surface area contributed by atoms with Crippen molar-refractivity contribution >= 4 is 23.6 Å². The first-order valence-electron chi connectivity index (χ1n) is 10.3. The maximum Gasteiger partial charge on any atom is 0.326 e. The first kappa shape index (κ1) is 23.5.